The summed E-state index contributed by atoms with van der Waals surface area (Å²) in [5.41, 5.74) is 7.58. The van der Waals surface area contributed by atoms with E-state index in [-0.39, 0.29) is 0 Å². The Morgan fingerprint density at radius 1 is 0.421 bits per heavy atom. The lowest BCUT2D eigenvalue weighted by Crippen LogP contribution is -1.95. The van der Waals surface area contributed by atoms with E-state index >= 15 is 0 Å². The highest BCUT2D eigenvalue weighted by molar-refractivity contribution is 6.17. The monoisotopic (exact) mass is 483 g/mol. The number of para-hydroxylation sites is 1. The number of aryl methyl sites for hydroxylation is 1. The van der Waals surface area contributed by atoms with Crippen molar-refractivity contribution in [2.24, 2.45) is 0 Å². The lowest BCUT2D eigenvalue weighted by atomic mass is 9.88. The molecule has 8 aromatic rings. The van der Waals surface area contributed by atoms with Gasteiger partial charge in [0.1, 0.15) is 0 Å². The number of hydrogen-bond acceptors (Lipinski definition) is 0. The van der Waals surface area contributed by atoms with Crippen LogP contribution in [-0.4, -0.2) is 4.57 Å². The van der Waals surface area contributed by atoms with Crippen LogP contribution in [-0.2, 0) is 0 Å². The van der Waals surface area contributed by atoms with Crippen LogP contribution in [0.5, 0.6) is 0 Å². The smallest absolute Gasteiger partial charge is 0.0541 e. The normalized spacial score (nSPS) is 11.8. The average molecular weight is 484 g/mol. The van der Waals surface area contributed by atoms with Gasteiger partial charge < -0.3 is 4.57 Å². The van der Waals surface area contributed by atoms with Gasteiger partial charge in [0.25, 0.3) is 0 Å². The van der Waals surface area contributed by atoms with Crippen LogP contribution >= 0.6 is 0 Å². The number of hydrogen-bond donors (Lipinski definition) is 0. The highest BCUT2D eigenvalue weighted by Crippen LogP contribution is 2.42. The molecule has 1 nitrogen and oxygen atoms in total. The third-order valence-electron chi connectivity index (χ3n) is 8.17. The summed E-state index contributed by atoms with van der Waals surface area (Å²) in [5.74, 6) is 0. The van der Waals surface area contributed by atoms with Gasteiger partial charge in [0.05, 0.1) is 16.7 Å². The first kappa shape index (κ1) is 21.2. The van der Waals surface area contributed by atoms with Gasteiger partial charge in [0.15, 0.2) is 0 Å². The summed E-state index contributed by atoms with van der Waals surface area (Å²) in [6.45, 7) is 2.25. The molecule has 1 heterocycles. The van der Waals surface area contributed by atoms with Crippen molar-refractivity contribution in [1.29, 1.82) is 0 Å². The van der Waals surface area contributed by atoms with Gasteiger partial charge in [0.2, 0.25) is 0 Å². The second kappa shape index (κ2) is 8.06. The summed E-state index contributed by atoms with van der Waals surface area (Å²) in [5, 5.41) is 10.3. The molecule has 0 saturated heterocycles. The molecule has 0 bridgehead atoms. The minimum absolute atomic E-state index is 1.22. The van der Waals surface area contributed by atoms with E-state index in [2.05, 4.69) is 145 Å². The molecule has 0 radical (unpaired) electrons. The molecule has 0 atom stereocenters. The topological polar surface area (TPSA) is 4.93 Å². The van der Waals surface area contributed by atoms with E-state index in [4.69, 9.17) is 0 Å². The van der Waals surface area contributed by atoms with Crippen molar-refractivity contribution < 1.29 is 0 Å². The largest absolute Gasteiger partial charge is 0.309 e. The highest BCUT2D eigenvalue weighted by Gasteiger charge is 2.17. The van der Waals surface area contributed by atoms with Crippen molar-refractivity contribution in [1.82, 2.24) is 4.57 Å². The molecule has 0 fully saturated rings. The number of benzene rings is 7. The number of nitrogens with zero attached hydrogens (tertiary/aromatic N) is 1. The molecule has 7 aromatic carbocycles. The van der Waals surface area contributed by atoms with Crippen LogP contribution in [0, 0.1) is 6.92 Å². The second-order valence-corrected chi connectivity index (χ2v) is 10.2. The molecule has 0 N–H and O–H groups in total. The maximum Gasteiger partial charge on any atom is 0.0541 e. The summed E-state index contributed by atoms with van der Waals surface area (Å²) < 4.78 is 2.43. The zero-order valence-corrected chi connectivity index (χ0v) is 21.1. The zero-order valence-electron chi connectivity index (χ0n) is 21.1. The molecule has 1 heteroatoms. The Labute approximate surface area is 221 Å². The Morgan fingerprint density at radius 3 is 1.71 bits per heavy atom. The first-order valence-corrected chi connectivity index (χ1v) is 13.2. The van der Waals surface area contributed by atoms with Gasteiger partial charge >= 0.3 is 0 Å². The molecule has 0 amide bonds. The van der Waals surface area contributed by atoms with E-state index in [9.17, 15) is 0 Å². The molecule has 0 aliphatic heterocycles. The van der Waals surface area contributed by atoms with Crippen molar-refractivity contribution in [2.45, 2.75) is 6.92 Å². The maximum absolute atomic E-state index is 2.43. The maximum atomic E-state index is 2.43. The van der Waals surface area contributed by atoms with E-state index in [0.29, 0.717) is 0 Å². The lowest BCUT2D eigenvalue weighted by Gasteiger charge is -2.16. The van der Waals surface area contributed by atoms with E-state index < -0.39 is 0 Å². The van der Waals surface area contributed by atoms with Crippen LogP contribution < -0.4 is 0 Å². The van der Waals surface area contributed by atoms with Crippen LogP contribution in [0.4, 0.5) is 0 Å². The lowest BCUT2D eigenvalue weighted by molar-refractivity contribution is 1.20. The molecule has 178 valence electrons. The molecular weight excluding hydrogens is 458 g/mol. The van der Waals surface area contributed by atoms with Gasteiger partial charge in [-0.05, 0) is 74.8 Å². The fourth-order valence-electron chi connectivity index (χ4n) is 6.45. The third-order valence-corrected chi connectivity index (χ3v) is 8.17. The second-order valence-electron chi connectivity index (χ2n) is 10.2. The molecule has 0 aliphatic rings. The first-order chi connectivity index (χ1) is 18.8. The van der Waals surface area contributed by atoms with E-state index in [1.807, 2.05) is 0 Å². The van der Waals surface area contributed by atoms with E-state index in [1.165, 1.54) is 76.5 Å². The molecule has 0 unspecified atom stereocenters. The molecular formula is C37H25N. The van der Waals surface area contributed by atoms with E-state index in [1.54, 1.807) is 0 Å². The van der Waals surface area contributed by atoms with Gasteiger partial charge in [-0.15, -0.1) is 0 Å². The Hall–Kier alpha value is -4.88. The summed E-state index contributed by atoms with van der Waals surface area (Å²) in [4.78, 5) is 0. The average Bonchev–Trinajstić information content (AvgIpc) is 3.31. The number of fused-ring (bicyclic) bond motifs is 6. The third kappa shape index (κ3) is 2.93. The summed E-state index contributed by atoms with van der Waals surface area (Å²) in [7, 11) is 0. The summed E-state index contributed by atoms with van der Waals surface area (Å²) in [6.07, 6.45) is 0. The SMILES string of the molecule is Cc1c2ccccc2c(-c2ccc3c(c2)c2ccccc2n3-c2cccc3ccccc23)c2ccccc12. The zero-order chi connectivity index (χ0) is 25.2. The van der Waals surface area contributed by atoms with E-state index in [0.717, 1.165) is 0 Å². The predicted molar refractivity (Wildman–Crippen MR) is 163 cm³/mol. The minimum atomic E-state index is 1.22. The van der Waals surface area contributed by atoms with Crippen LogP contribution in [0.3, 0.4) is 0 Å². The molecule has 0 aliphatic carbocycles. The van der Waals surface area contributed by atoms with Gasteiger partial charge in [0, 0.05) is 16.2 Å². The Balaban J connectivity index is 1.49. The fourth-order valence-corrected chi connectivity index (χ4v) is 6.45. The number of aromatic nitrogens is 1. The highest BCUT2D eigenvalue weighted by atomic mass is 15.0. The summed E-state index contributed by atoms with van der Waals surface area (Å²) >= 11 is 0. The Kier molecular flexibility index (Phi) is 4.50. The first-order valence-electron chi connectivity index (χ1n) is 13.2. The van der Waals surface area contributed by atoms with Gasteiger partial charge in [-0.2, -0.15) is 0 Å². The van der Waals surface area contributed by atoms with Crippen molar-refractivity contribution in [3.05, 3.63) is 139 Å². The standard InChI is InChI=1S/C37H25N/c1-24-27-13-4-6-17-31(27)37(32-18-7-5-14-28(24)32)26-21-22-36-33(23-26)30-16-8-9-19-35(30)38(36)34-20-10-12-25-11-2-3-15-29(25)34/h2-23H,1H3. The van der Waals surface area contributed by atoms with Crippen molar-refractivity contribution in [3.63, 3.8) is 0 Å². The van der Waals surface area contributed by atoms with Crippen molar-refractivity contribution in [2.75, 3.05) is 0 Å². The molecule has 8 rings (SSSR count). The molecule has 38 heavy (non-hydrogen) atoms. The van der Waals surface area contributed by atoms with Crippen LogP contribution in [0.2, 0.25) is 0 Å². The van der Waals surface area contributed by atoms with Crippen LogP contribution in [0.1, 0.15) is 5.56 Å². The van der Waals surface area contributed by atoms with Crippen LogP contribution in [0.25, 0.3) is 70.9 Å². The Morgan fingerprint density at radius 2 is 0.974 bits per heavy atom. The molecule has 0 spiro atoms. The fraction of sp³-hybridized carbons (Fsp3) is 0.0270. The Bertz CT molecular complexity index is 2130. The van der Waals surface area contributed by atoms with Crippen molar-refractivity contribution in [3.8, 4) is 16.8 Å². The molecule has 0 saturated carbocycles. The van der Waals surface area contributed by atoms with Crippen molar-refractivity contribution >= 4 is 54.1 Å². The molecule has 1 aromatic heterocycles. The van der Waals surface area contributed by atoms with Gasteiger partial charge in [-0.1, -0.05) is 109 Å². The van der Waals surface area contributed by atoms with Crippen LogP contribution in [0.15, 0.2) is 133 Å². The summed E-state index contributed by atoms with van der Waals surface area (Å²) in [6, 6.07) is 48.8. The van der Waals surface area contributed by atoms with Gasteiger partial charge in [-0.3, -0.25) is 0 Å². The predicted octanol–water partition coefficient (Wildman–Crippen LogP) is 10.2. The quantitative estimate of drug-likeness (QED) is 0.216. The number of rotatable bonds is 2. The minimum Gasteiger partial charge on any atom is -0.309 e. The van der Waals surface area contributed by atoms with Gasteiger partial charge in [-0.25, -0.2) is 0 Å².